The molecule has 0 bridgehead atoms. The molecule has 0 fully saturated rings. The highest BCUT2D eigenvalue weighted by molar-refractivity contribution is 5.93. The second kappa shape index (κ2) is 7.49. The molecule has 1 heterocycles. The maximum Gasteiger partial charge on any atom is 0.320 e. The van der Waals surface area contributed by atoms with E-state index in [-0.39, 0.29) is 18.5 Å². The van der Waals surface area contributed by atoms with Gasteiger partial charge in [-0.15, -0.1) is 0 Å². The second-order valence-electron chi connectivity index (χ2n) is 4.46. The minimum atomic E-state index is -0.343. The molecule has 1 aromatic rings. The number of hydrogen-bond acceptors (Lipinski definition) is 5. The Bertz CT molecular complexity index is 458. The second-order valence-corrected chi connectivity index (χ2v) is 4.46. The molecule has 0 spiro atoms. The van der Waals surface area contributed by atoms with Crippen molar-refractivity contribution in [3.05, 3.63) is 11.8 Å². The van der Waals surface area contributed by atoms with Crippen molar-refractivity contribution in [2.45, 2.75) is 6.92 Å². The Kier molecular flexibility index (Phi) is 5.98. The van der Waals surface area contributed by atoms with Gasteiger partial charge in [0, 0.05) is 33.8 Å². The predicted molar refractivity (Wildman–Crippen MR) is 72.4 cm³/mol. The van der Waals surface area contributed by atoms with E-state index in [4.69, 9.17) is 9.26 Å². The van der Waals surface area contributed by atoms with Crippen LogP contribution in [0.2, 0.25) is 0 Å². The smallest absolute Gasteiger partial charge is 0.320 e. The molecule has 0 saturated heterocycles. The number of carbonyl (C=O) groups is 2. The third-order valence-corrected chi connectivity index (χ3v) is 2.45. The van der Waals surface area contributed by atoms with Crippen molar-refractivity contribution < 1.29 is 18.8 Å². The standard InChI is InChI=1S/C12H20N4O4/c1-9-7-10(14-20-9)13-11(17)8-16(5-6-19-4)12(18)15(2)3/h7H,5-6,8H2,1-4H3,(H,13,14,17). The summed E-state index contributed by atoms with van der Waals surface area (Å²) in [6.07, 6.45) is 0. The fourth-order valence-electron chi connectivity index (χ4n) is 1.51. The summed E-state index contributed by atoms with van der Waals surface area (Å²) < 4.78 is 9.78. The lowest BCUT2D eigenvalue weighted by molar-refractivity contribution is -0.117. The van der Waals surface area contributed by atoms with E-state index in [0.29, 0.717) is 24.7 Å². The van der Waals surface area contributed by atoms with Crippen molar-refractivity contribution >= 4 is 17.8 Å². The maximum atomic E-state index is 11.9. The van der Waals surface area contributed by atoms with Gasteiger partial charge in [-0.2, -0.15) is 0 Å². The van der Waals surface area contributed by atoms with Crippen LogP contribution in [0.1, 0.15) is 5.76 Å². The van der Waals surface area contributed by atoms with Gasteiger partial charge in [0.25, 0.3) is 0 Å². The molecule has 0 aliphatic rings. The van der Waals surface area contributed by atoms with E-state index in [0.717, 1.165) is 0 Å². The minimum absolute atomic E-state index is 0.0771. The number of methoxy groups -OCH3 is 1. The van der Waals surface area contributed by atoms with E-state index < -0.39 is 0 Å². The Labute approximate surface area is 117 Å². The van der Waals surface area contributed by atoms with Crippen LogP contribution in [0, 0.1) is 6.92 Å². The predicted octanol–water partition coefficient (Wildman–Crippen LogP) is 0.552. The number of aryl methyl sites for hydroxylation is 1. The molecule has 0 aliphatic carbocycles. The van der Waals surface area contributed by atoms with Crippen LogP contribution in [-0.2, 0) is 9.53 Å². The normalized spacial score (nSPS) is 10.2. The highest BCUT2D eigenvalue weighted by Gasteiger charge is 2.19. The summed E-state index contributed by atoms with van der Waals surface area (Å²) in [5.41, 5.74) is 0. The fourth-order valence-corrected chi connectivity index (χ4v) is 1.51. The van der Waals surface area contributed by atoms with Crippen molar-refractivity contribution in [1.29, 1.82) is 0 Å². The van der Waals surface area contributed by atoms with Crippen LogP contribution >= 0.6 is 0 Å². The molecule has 0 saturated carbocycles. The van der Waals surface area contributed by atoms with Gasteiger partial charge < -0.3 is 24.4 Å². The van der Waals surface area contributed by atoms with E-state index in [1.165, 1.54) is 16.9 Å². The molecule has 8 heteroatoms. The Balaban J connectivity index is 2.59. The van der Waals surface area contributed by atoms with Crippen molar-refractivity contribution in [1.82, 2.24) is 15.0 Å². The Morgan fingerprint density at radius 3 is 2.65 bits per heavy atom. The Hall–Kier alpha value is -2.09. The van der Waals surface area contributed by atoms with Gasteiger partial charge in [-0.25, -0.2) is 4.79 Å². The summed E-state index contributed by atoms with van der Waals surface area (Å²) in [5, 5.41) is 6.23. The third-order valence-electron chi connectivity index (χ3n) is 2.45. The summed E-state index contributed by atoms with van der Waals surface area (Å²) in [4.78, 5) is 26.6. The lowest BCUT2D eigenvalue weighted by Crippen LogP contribution is -2.44. The lowest BCUT2D eigenvalue weighted by Gasteiger charge is -2.25. The van der Waals surface area contributed by atoms with Gasteiger partial charge >= 0.3 is 6.03 Å². The number of aromatic nitrogens is 1. The van der Waals surface area contributed by atoms with E-state index in [1.807, 2.05) is 0 Å². The molecule has 0 radical (unpaired) electrons. The van der Waals surface area contributed by atoms with Crippen LogP contribution in [0.4, 0.5) is 10.6 Å². The number of urea groups is 1. The maximum absolute atomic E-state index is 11.9. The largest absolute Gasteiger partial charge is 0.383 e. The molecule has 0 atom stereocenters. The molecular weight excluding hydrogens is 264 g/mol. The average Bonchev–Trinajstić information content (AvgIpc) is 2.78. The van der Waals surface area contributed by atoms with E-state index in [1.54, 1.807) is 27.1 Å². The van der Waals surface area contributed by atoms with Crippen LogP contribution in [0.3, 0.4) is 0 Å². The van der Waals surface area contributed by atoms with Crippen LogP contribution in [0.25, 0.3) is 0 Å². The molecule has 0 aromatic carbocycles. The minimum Gasteiger partial charge on any atom is -0.383 e. The molecular formula is C12H20N4O4. The number of anilines is 1. The number of rotatable bonds is 6. The fraction of sp³-hybridized carbons (Fsp3) is 0.583. The monoisotopic (exact) mass is 284 g/mol. The van der Waals surface area contributed by atoms with Gasteiger partial charge in [0.05, 0.1) is 6.61 Å². The molecule has 8 nitrogen and oxygen atoms in total. The Morgan fingerprint density at radius 2 is 2.15 bits per heavy atom. The number of nitrogens with one attached hydrogen (secondary N) is 1. The zero-order valence-electron chi connectivity index (χ0n) is 12.2. The topological polar surface area (TPSA) is 87.9 Å². The molecule has 1 rings (SSSR count). The van der Waals surface area contributed by atoms with Crippen LogP contribution in [0.15, 0.2) is 10.6 Å². The SMILES string of the molecule is COCCN(CC(=O)Nc1cc(C)on1)C(=O)N(C)C. The molecule has 112 valence electrons. The molecule has 0 unspecified atom stereocenters. The first-order valence-electron chi connectivity index (χ1n) is 6.12. The first-order chi connectivity index (χ1) is 9.43. The average molecular weight is 284 g/mol. The Morgan fingerprint density at radius 1 is 1.45 bits per heavy atom. The number of amides is 3. The summed E-state index contributed by atoms with van der Waals surface area (Å²) in [7, 11) is 4.79. The molecule has 1 N–H and O–H groups in total. The third kappa shape index (κ3) is 4.88. The van der Waals surface area contributed by atoms with Crippen LogP contribution in [0.5, 0.6) is 0 Å². The molecule has 3 amide bonds. The van der Waals surface area contributed by atoms with Gasteiger partial charge in [0.1, 0.15) is 12.3 Å². The van der Waals surface area contributed by atoms with Gasteiger partial charge in [0.2, 0.25) is 5.91 Å². The van der Waals surface area contributed by atoms with Gasteiger partial charge in [-0.05, 0) is 6.92 Å². The van der Waals surface area contributed by atoms with Crippen molar-refractivity contribution in [2.75, 3.05) is 46.2 Å². The summed E-state index contributed by atoms with van der Waals surface area (Å²) >= 11 is 0. The zero-order chi connectivity index (χ0) is 15.1. The van der Waals surface area contributed by atoms with Crippen LogP contribution in [-0.4, -0.2) is 67.8 Å². The highest BCUT2D eigenvalue weighted by atomic mass is 16.5. The van der Waals surface area contributed by atoms with E-state index in [9.17, 15) is 9.59 Å². The zero-order valence-corrected chi connectivity index (χ0v) is 12.2. The summed E-state index contributed by atoms with van der Waals surface area (Å²) in [5.74, 6) is 0.585. The number of nitrogens with zero attached hydrogens (tertiary/aromatic N) is 3. The molecule has 0 aliphatic heterocycles. The molecule has 1 aromatic heterocycles. The van der Waals surface area contributed by atoms with Gasteiger partial charge in [-0.1, -0.05) is 5.16 Å². The van der Waals surface area contributed by atoms with Gasteiger partial charge in [0.15, 0.2) is 5.82 Å². The summed E-state index contributed by atoms with van der Waals surface area (Å²) in [6.45, 7) is 2.34. The van der Waals surface area contributed by atoms with Crippen molar-refractivity contribution in [2.24, 2.45) is 0 Å². The van der Waals surface area contributed by atoms with Crippen LogP contribution < -0.4 is 5.32 Å². The van der Waals surface area contributed by atoms with Crippen molar-refractivity contribution in [3.63, 3.8) is 0 Å². The number of ether oxygens (including phenoxy) is 1. The van der Waals surface area contributed by atoms with Crippen molar-refractivity contribution in [3.8, 4) is 0 Å². The number of carbonyl (C=O) groups excluding carboxylic acids is 2. The quantitative estimate of drug-likeness (QED) is 0.824. The first kappa shape index (κ1) is 16.0. The number of hydrogen-bond donors (Lipinski definition) is 1. The first-order valence-corrected chi connectivity index (χ1v) is 6.12. The lowest BCUT2D eigenvalue weighted by atomic mass is 10.4. The van der Waals surface area contributed by atoms with E-state index >= 15 is 0 Å². The van der Waals surface area contributed by atoms with Gasteiger partial charge in [-0.3, -0.25) is 4.79 Å². The highest BCUT2D eigenvalue weighted by Crippen LogP contribution is 2.07. The summed E-state index contributed by atoms with van der Waals surface area (Å²) in [6, 6.07) is 1.35. The molecule has 20 heavy (non-hydrogen) atoms. The van der Waals surface area contributed by atoms with E-state index in [2.05, 4.69) is 10.5 Å².